The number of nitrogens with one attached hydrogen (secondary N) is 1. The van der Waals surface area contributed by atoms with Crippen molar-refractivity contribution in [1.82, 2.24) is 9.97 Å². The van der Waals surface area contributed by atoms with E-state index in [9.17, 15) is 41.3 Å². The first kappa shape index (κ1) is 48.1. The Morgan fingerprint density at radius 3 is 2.08 bits per heavy atom. The first-order valence-corrected chi connectivity index (χ1v) is 15.5. The van der Waals surface area contributed by atoms with Crippen LogP contribution in [0.5, 0.6) is 5.75 Å². The van der Waals surface area contributed by atoms with Crippen LogP contribution in [0, 0.1) is 0 Å². The molecule has 0 amide bonds. The summed E-state index contributed by atoms with van der Waals surface area (Å²) in [5.74, 6) is -3.57. The number of amidine groups is 1. The van der Waals surface area contributed by atoms with Crippen LogP contribution in [0.3, 0.4) is 0 Å². The van der Waals surface area contributed by atoms with Crippen molar-refractivity contribution in [3.05, 3.63) is 98.1 Å². The van der Waals surface area contributed by atoms with Gasteiger partial charge < -0.3 is 29.7 Å². The Morgan fingerprint density at radius 1 is 0.878 bits per heavy atom. The second kappa shape index (κ2) is 20.4. The molecule has 25 heteroatoms. The van der Waals surface area contributed by atoms with Gasteiger partial charge in [-0.25, -0.2) is 21.8 Å². The van der Waals surface area contributed by atoms with E-state index in [1.54, 1.807) is 18.2 Å². The Morgan fingerprint density at radius 2 is 1.51 bits per heavy atom. The third-order valence-electron chi connectivity index (χ3n) is 5.38. The molecule has 243 valence electrons. The van der Waals surface area contributed by atoms with Crippen molar-refractivity contribution in [2.24, 2.45) is 20.4 Å². The van der Waals surface area contributed by atoms with Gasteiger partial charge >= 0.3 is 106 Å². The van der Waals surface area contributed by atoms with E-state index in [4.69, 9.17) is 34.8 Å². The molecule has 1 aliphatic carbocycles. The van der Waals surface area contributed by atoms with Gasteiger partial charge in [0.15, 0.2) is 11.0 Å². The molecule has 3 aromatic rings. The molecule has 0 aliphatic heterocycles. The van der Waals surface area contributed by atoms with Gasteiger partial charge in [0.05, 0.1) is 21.2 Å². The Bertz CT molecular complexity index is 2120. The van der Waals surface area contributed by atoms with Gasteiger partial charge in [-0.1, -0.05) is 59.3 Å². The zero-order chi connectivity index (χ0) is 33.1. The summed E-state index contributed by atoms with van der Waals surface area (Å²) in [6, 6.07) is 8.99. The van der Waals surface area contributed by atoms with Crippen LogP contribution >= 0.6 is 34.8 Å². The molecule has 0 spiro atoms. The predicted molar refractivity (Wildman–Crippen MR) is 153 cm³/mol. The van der Waals surface area contributed by atoms with Crippen LogP contribution in [-0.4, -0.2) is 47.5 Å². The van der Waals surface area contributed by atoms with E-state index in [0.717, 1.165) is 12.2 Å². The van der Waals surface area contributed by atoms with Gasteiger partial charge in [-0.3, -0.25) is 0 Å². The van der Waals surface area contributed by atoms with Gasteiger partial charge in [-0.15, -0.1) is 20.4 Å². The average molecular weight is 844 g/mol. The fourth-order valence-corrected chi connectivity index (χ4v) is 4.88. The molecule has 1 N–H and O–H groups in total. The molecule has 0 unspecified atom stereocenters. The quantitative estimate of drug-likeness (QED) is 0.0268. The summed E-state index contributed by atoms with van der Waals surface area (Å²) in [4.78, 5) is 5.62. The summed E-state index contributed by atoms with van der Waals surface area (Å²) in [5, 5.41) is 53.0. The molecule has 1 radical (unpaired) electrons. The maximum atomic E-state index is 13.2. The van der Waals surface area contributed by atoms with E-state index < -0.39 is 64.4 Å². The molecule has 4 rings (SSSR count). The Kier molecular flexibility index (Phi) is 20.0. The topological polar surface area (TPSA) is 271 Å². The van der Waals surface area contributed by atoms with Crippen LogP contribution in [0.1, 0.15) is 5.56 Å². The van der Waals surface area contributed by atoms with Crippen molar-refractivity contribution in [3.8, 4) is 5.75 Å². The molecular formula is C24H11Cl3CuN7Na3O9S2. The largest absolute Gasteiger partial charge is 2.00 e. The zero-order valence-corrected chi connectivity index (χ0v) is 35.7. The van der Waals surface area contributed by atoms with E-state index >= 15 is 0 Å². The summed E-state index contributed by atoms with van der Waals surface area (Å²) in [7, 11) is -10.2. The van der Waals surface area contributed by atoms with E-state index in [-0.39, 0.29) is 138 Å². The normalized spacial score (nSPS) is 13.8. The van der Waals surface area contributed by atoms with Gasteiger partial charge in [0.25, 0.3) is 0 Å². The van der Waals surface area contributed by atoms with Crippen molar-refractivity contribution in [3.63, 3.8) is 0 Å². The Hall–Kier alpha value is -0.911. The number of anilines is 2. The molecule has 2 aromatic carbocycles. The van der Waals surface area contributed by atoms with Crippen LogP contribution in [0.2, 0.25) is 15.5 Å². The summed E-state index contributed by atoms with van der Waals surface area (Å²) < 4.78 is 69.5. The smallest absolute Gasteiger partial charge is 0.883 e. The standard InChI is InChI=1S/C24H16Cl3N7O9S2.Cu.3Na/c25-18-20(26)29-24(27)30-22(18)28-16-9-13(45(41,42)43)10-17(19(16)35)32-34-21(11-4-2-1-3-5-11)33-31-15-7-6-12(44(38,39)40)8-14(15)23(36)37;;;;/h1-10,35-37H,(H,28,29,30)(H,38,39,40)(H,41,42,43);;;;/q;+2;3*+1/p-5/b31-15-,33-21+,34-32?;;;;. The molecule has 0 atom stereocenters. The molecule has 1 aliphatic rings. The number of hydrogen-bond acceptors (Lipinski definition) is 15. The molecule has 49 heavy (non-hydrogen) atoms. The third kappa shape index (κ3) is 12.9. The van der Waals surface area contributed by atoms with Crippen LogP contribution < -0.4 is 109 Å². The Balaban J connectivity index is 0.00000576. The van der Waals surface area contributed by atoms with Crippen LogP contribution in [-0.2, 0) is 37.3 Å². The second-order valence-corrected chi connectivity index (χ2v) is 12.2. The second-order valence-electron chi connectivity index (χ2n) is 8.35. The summed E-state index contributed by atoms with van der Waals surface area (Å²) in [6.07, 6.45) is 2.21. The SMILES string of the molecule is O=S(=O)([O-])C1=CC(=C([O-])[O-])/C(=N\N=C(\N=Nc2cc(S(=O)(=O)[O-])cc(Nc3nc(Cl)nc(Cl)c3Cl)c2[O-])c2ccccc2)C=C1.[Cu+2].[Na+].[Na+].[Na+]. The van der Waals surface area contributed by atoms with Crippen molar-refractivity contribution >= 4 is 83.8 Å². The first-order chi connectivity index (χ1) is 21.0. The van der Waals surface area contributed by atoms with Crippen molar-refractivity contribution in [2.75, 3.05) is 5.32 Å². The zero-order valence-electron chi connectivity index (χ0n) is 24.9. The fraction of sp³-hybridized carbons (Fsp3) is 0. The molecular weight excluding hydrogens is 833 g/mol. The van der Waals surface area contributed by atoms with Gasteiger partial charge in [-0.2, -0.15) is 10.9 Å². The van der Waals surface area contributed by atoms with Crippen LogP contribution in [0.15, 0.2) is 102 Å². The van der Waals surface area contributed by atoms with E-state index in [0.29, 0.717) is 18.2 Å². The van der Waals surface area contributed by atoms with Gasteiger partial charge in [0.2, 0.25) is 11.1 Å². The molecule has 1 aromatic heterocycles. The van der Waals surface area contributed by atoms with Crippen molar-refractivity contribution < 1.29 is 147 Å². The number of halogens is 3. The monoisotopic (exact) mass is 842 g/mol. The molecule has 16 nitrogen and oxygen atoms in total. The van der Waals surface area contributed by atoms with Crippen molar-refractivity contribution in [2.45, 2.75) is 4.90 Å². The van der Waals surface area contributed by atoms with Gasteiger partial charge in [0.1, 0.15) is 25.3 Å². The average Bonchev–Trinajstić information content (AvgIpc) is 2.96. The van der Waals surface area contributed by atoms with E-state index in [1.807, 2.05) is 0 Å². The summed E-state index contributed by atoms with van der Waals surface area (Å²) >= 11 is 17.7. The molecule has 0 saturated heterocycles. The number of hydrogen-bond donors (Lipinski definition) is 1. The number of rotatable bonds is 7. The van der Waals surface area contributed by atoms with Gasteiger partial charge in [-0.05, 0) is 47.5 Å². The summed E-state index contributed by atoms with van der Waals surface area (Å²) in [5.41, 5.74) is -2.28. The molecule has 1 heterocycles. The molecule has 0 fully saturated rings. The number of benzene rings is 2. The van der Waals surface area contributed by atoms with Crippen LogP contribution in [0.25, 0.3) is 0 Å². The minimum Gasteiger partial charge on any atom is -0.883 e. The number of nitrogens with zero attached hydrogens (tertiary/aromatic N) is 6. The van der Waals surface area contributed by atoms with Crippen molar-refractivity contribution in [1.29, 1.82) is 0 Å². The van der Waals surface area contributed by atoms with E-state index in [1.165, 1.54) is 12.1 Å². The summed E-state index contributed by atoms with van der Waals surface area (Å²) in [6.45, 7) is 0. The van der Waals surface area contributed by atoms with Crippen LogP contribution in [0.4, 0.5) is 17.2 Å². The third-order valence-corrected chi connectivity index (χ3v) is 7.92. The number of aromatic nitrogens is 2. The molecule has 0 bridgehead atoms. The van der Waals surface area contributed by atoms with Gasteiger partial charge in [0, 0.05) is 11.3 Å². The fourth-order valence-electron chi connectivity index (χ4n) is 3.35. The Labute approximate surface area is 370 Å². The van der Waals surface area contributed by atoms with E-state index in [2.05, 4.69) is 35.7 Å². The predicted octanol–water partition coefficient (Wildman–Crippen LogP) is -7.01. The number of allylic oxidation sites excluding steroid dienone is 4. The first-order valence-electron chi connectivity index (χ1n) is 11.6. The minimum atomic E-state index is -5.17. The maximum absolute atomic E-state index is 13.2. The minimum absolute atomic E-state index is 0. The molecule has 0 saturated carbocycles. The maximum Gasteiger partial charge on any atom is 2.00 e. The number of azo groups is 1.